The van der Waals surface area contributed by atoms with Crippen LogP contribution >= 0.6 is 23.2 Å². The van der Waals surface area contributed by atoms with Crippen LogP contribution in [0.25, 0.3) is 0 Å². The number of amides is 1. The van der Waals surface area contributed by atoms with Crippen molar-refractivity contribution in [3.63, 3.8) is 0 Å². The summed E-state index contributed by atoms with van der Waals surface area (Å²) in [4.78, 5) is 12.1. The van der Waals surface area contributed by atoms with Gasteiger partial charge in [-0.15, -0.1) is 0 Å². The van der Waals surface area contributed by atoms with Crippen LogP contribution in [0.15, 0.2) is 72.8 Å². The third-order valence-corrected chi connectivity index (χ3v) is 4.86. The molecular weight excluding hydrogens is 383 g/mol. The highest BCUT2D eigenvalue weighted by Crippen LogP contribution is 2.38. The lowest BCUT2D eigenvalue weighted by Gasteiger charge is -2.27. The van der Waals surface area contributed by atoms with Gasteiger partial charge in [-0.1, -0.05) is 53.5 Å². The lowest BCUT2D eigenvalue weighted by Crippen LogP contribution is -2.34. The molecule has 1 N–H and O–H groups in total. The van der Waals surface area contributed by atoms with E-state index in [9.17, 15) is 4.79 Å². The van der Waals surface area contributed by atoms with E-state index in [0.29, 0.717) is 27.9 Å². The summed E-state index contributed by atoms with van der Waals surface area (Å²) in [7, 11) is 0. The molecule has 4 rings (SSSR count). The Morgan fingerprint density at radius 3 is 2.48 bits per heavy atom. The number of benzene rings is 3. The standard InChI is InChI=1S/C21H16Cl2N2O2/c22-15-9-10-19(18(23)12-15)25-20(13-21(26)24-25)14-5-4-8-17(11-14)27-16-6-2-1-3-7-16/h1-12,20H,13H2,(H,24,26). The van der Waals surface area contributed by atoms with Crippen LogP contribution in [-0.4, -0.2) is 5.91 Å². The van der Waals surface area contributed by atoms with E-state index in [-0.39, 0.29) is 11.9 Å². The van der Waals surface area contributed by atoms with Crippen LogP contribution in [0.5, 0.6) is 11.5 Å². The van der Waals surface area contributed by atoms with Gasteiger partial charge in [0.1, 0.15) is 11.5 Å². The quantitative estimate of drug-likeness (QED) is 0.606. The summed E-state index contributed by atoms with van der Waals surface area (Å²) in [6.45, 7) is 0. The van der Waals surface area contributed by atoms with Crippen molar-refractivity contribution < 1.29 is 9.53 Å². The van der Waals surface area contributed by atoms with Gasteiger partial charge in [0, 0.05) is 5.02 Å². The first-order valence-corrected chi connectivity index (χ1v) is 9.22. The second-order valence-electron chi connectivity index (χ2n) is 6.21. The van der Waals surface area contributed by atoms with Gasteiger partial charge in [-0.3, -0.25) is 15.2 Å². The van der Waals surface area contributed by atoms with Crippen LogP contribution < -0.4 is 15.2 Å². The molecule has 1 atom stereocenters. The fourth-order valence-corrected chi connectivity index (χ4v) is 3.61. The van der Waals surface area contributed by atoms with E-state index < -0.39 is 0 Å². The molecule has 1 fully saturated rings. The summed E-state index contributed by atoms with van der Waals surface area (Å²) in [6, 6.07) is 22.3. The minimum atomic E-state index is -0.199. The number of carbonyl (C=O) groups is 1. The monoisotopic (exact) mass is 398 g/mol. The van der Waals surface area contributed by atoms with Crippen molar-refractivity contribution in [3.8, 4) is 11.5 Å². The van der Waals surface area contributed by atoms with Crippen LogP contribution in [0.2, 0.25) is 10.0 Å². The zero-order chi connectivity index (χ0) is 18.8. The van der Waals surface area contributed by atoms with Gasteiger partial charge in [-0.25, -0.2) is 0 Å². The van der Waals surface area contributed by atoms with Crippen LogP contribution in [0.3, 0.4) is 0 Å². The van der Waals surface area contributed by atoms with Crippen molar-refractivity contribution in [1.29, 1.82) is 0 Å². The van der Waals surface area contributed by atoms with E-state index in [1.165, 1.54) is 0 Å². The number of rotatable bonds is 4. The molecule has 1 amide bonds. The number of hydrazine groups is 1. The molecule has 1 saturated heterocycles. The Labute approximate surface area is 167 Å². The van der Waals surface area contributed by atoms with E-state index in [4.69, 9.17) is 27.9 Å². The number of ether oxygens (including phenoxy) is 1. The summed E-state index contributed by atoms with van der Waals surface area (Å²) in [6.07, 6.45) is 0.327. The molecule has 3 aromatic rings. The Balaban J connectivity index is 1.64. The summed E-state index contributed by atoms with van der Waals surface area (Å²) in [5.74, 6) is 1.40. The van der Waals surface area contributed by atoms with Crippen molar-refractivity contribution in [2.24, 2.45) is 0 Å². The molecule has 0 aromatic heterocycles. The Morgan fingerprint density at radius 2 is 1.70 bits per heavy atom. The topological polar surface area (TPSA) is 41.6 Å². The van der Waals surface area contributed by atoms with Crippen LogP contribution in [0, 0.1) is 0 Å². The molecule has 27 heavy (non-hydrogen) atoms. The van der Waals surface area contributed by atoms with Gasteiger partial charge >= 0.3 is 0 Å². The van der Waals surface area contributed by atoms with Gasteiger partial charge < -0.3 is 4.74 Å². The van der Waals surface area contributed by atoms with E-state index >= 15 is 0 Å². The van der Waals surface area contributed by atoms with Gasteiger partial charge in [0.15, 0.2) is 0 Å². The molecule has 6 heteroatoms. The number of carbonyl (C=O) groups excluding carboxylic acids is 1. The number of nitrogens with zero attached hydrogens (tertiary/aromatic N) is 1. The molecule has 1 unspecified atom stereocenters. The molecule has 3 aromatic carbocycles. The first kappa shape index (κ1) is 17.7. The van der Waals surface area contributed by atoms with Gasteiger partial charge in [0.05, 0.1) is 23.2 Å². The normalized spacial score (nSPS) is 16.3. The Bertz CT molecular complexity index is 979. The number of para-hydroxylation sites is 1. The predicted octanol–water partition coefficient (Wildman–Crippen LogP) is 5.77. The molecule has 136 valence electrons. The maximum atomic E-state index is 12.1. The molecular formula is C21H16Cl2N2O2. The second-order valence-corrected chi connectivity index (χ2v) is 7.05. The van der Waals surface area contributed by atoms with E-state index in [0.717, 1.165) is 11.3 Å². The van der Waals surface area contributed by atoms with Gasteiger partial charge in [0.2, 0.25) is 5.91 Å². The molecule has 0 spiro atoms. The highest BCUT2D eigenvalue weighted by Gasteiger charge is 2.33. The number of anilines is 1. The summed E-state index contributed by atoms with van der Waals surface area (Å²) < 4.78 is 5.92. The van der Waals surface area contributed by atoms with E-state index in [1.54, 1.807) is 23.2 Å². The Hall–Kier alpha value is -2.69. The maximum absolute atomic E-state index is 12.1. The van der Waals surface area contributed by atoms with Crippen molar-refractivity contribution >= 4 is 34.8 Å². The molecule has 0 radical (unpaired) electrons. The van der Waals surface area contributed by atoms with Crippen molar-refractivity contribution in [2.75, 3.05) is 5.01 Å². The molecule has 1 heterocycles. The highest BCUT2D eigenvalue weighted by atomic mass is 35.5. The summed E-state index contributed by atoms with van der Waals surface area (Å²) in [5.41, 5.74) is 4.53. The zero-order valence-electron chi connectivity index (χ0n) is 14.2. The Kier molecular flexibility index (Phi) is 4.92. The van der Waals surface area contributed by atoms with Gasteiger partial charge in [-0.05, 0) is 48.0 Å². The average Bonchev–Trinajstić information content (AvgIpc) is 3.04. The second kappa shape index (κ2) is 7.51. The van der Waals surface area contributed by atoms with Crippen molar-refractivity contribution in [2.45, 2.75) is 12.5 Å². The first-order chi connectivity index (χ1) is 13.1. The predicted molar refractivity (Wildman–Crippen MR) is 107 cm³/mol. The molecule has 0 aliphatic carbocycles. The fourth-order valence-electron chi connectivity index (χ4n) is 3.11. The van der Waals surface area contributed by atoms with Crippen molar-refractivity contribution in [3.05, 3.63) is 88.4 Å². The lowest BCUT2D eigenvalue weighted by molar-refractivity contribution is -0.119. The van der Waals surface area contributed by atoms with Gasteiger partial charge in [-0.2, -0.15) is 0 Å². The first-order valence-electron chi connectivity index (χ1n) is 8.47. The Morgan fingerprint density at radius 1 is 0.926 bits per heavy atom. The average molecular weight is 399 g/mol. The van der Waals surface area contributed by atoms with Crippen molar-refractivity contribution in [1.82, 2.24) is 5.43 Å². The van der Waals surface area contributed by atoms with Crippen LogP contribution in [0.1, 0.15) is 18.0 Å². The molecule has 0 saturated carbocycles. The number of hydrogen-bond acceptors (Lipinski definition) is 3. The summed E-state index contributed by atoms with van der Waals surface area (Å²) >= 11 is 12.3. The number of halogens is 2. The third kappa shape index (κ3) is 3.87. The summed E-state index contributed by atoms with van der Waals surface area (Å²) in [5, 5.41) is 2.80. The zero-order valence-corrected chi connectivity index (χ0v) is 15.7. The van der Waals surface area contributed by atoms with E-state index in [2.05, 4.69) is 5.43 Å². The highest BCUT2D eigenvalue weighted by molar-refractivity contribution is 6.36. The van der Waals surface area contributed by atoms with Crippen LogP contribution in [-0.2, 0) is 4.79 Å². The minimum Gasteiger partial charge on any atom is -0.457 e. The molecule has 4 nitrogen and oxygen atoms in total. The minimum absolute atomic E-state index is 0.0691. The van der Waals surface area contributed by atoms with Crippen LogP contribution in [0.4, 0.5) is 5.69 Å². The largest absolute Gasteiger partial charge is 0.457 e. The van der Waals surface area contributed by atoms with E-state index in [1.807, 2.05) is 54.6 Å². The molecule has 0 bridgehead atoms. The lowest BCUT2D eigenvalue weighted by atomic mass is 10.0. The maximum Gasteiger partial charge on any atom is 0.241 e. The third-order valence-electron chi connectivity index (χ3n) is 4.33. The fraction of sp³-hybridized carbons (Fsp3) is 0.0952. The molecule has 1 aliphatic rings. The number of nitrogens with one attached hydrogen (secondary N) is 1. The van der Waals surface area contributed by atoms with Gasteiger partial charge in [0.25, 0.3) is 0 Å². The SMILES string of the molecule is O=C1CC(c2cccc(Oc3ccccc3)c2)N(c2ccc(Cl)cc2Cl)N1. The smallest absolute Gasteiger partial charge is 0.241 e. The molecule has 1 aliphatic heterocycles. The number of hydrogen-bond donors (Lipinski definition) is 1.